The maximum Gasteiger partial charge on any atom is 0.422 e. The molecule has 1 fully saturated rings. The monoisotopic (exact) mass is 469 g/mol. The molecule has 1 N–H and O–H groups in total. The lowest BCUT2D eigenvalue weighted by molar-refractivity contribution is -0.153. The van der Waals surface area contributed by atoms with Crippen molar-refractivity contribution in [3.05, 3.63) is 53.6 Å². The Bertz CT molecular complexity index is 1120. The van der Waals surface area contributed by atoms with E-state index in [0.717, 1.165) is 18.2 Å². The van der Waals surface area contributed by atoms with Crippen molar-refractivity contribution in [1.82, 2.24) is 4.31 Å². The summed E-state index contributed by atoms with van der Waals surface area (Å²) in [7, 11) is -3.97. The van der Waals surface area contributed by atoms with E-state index in [-0.39, 0.29) is 48.2 Å². The summed E-state index contributed by atoms with van der Waals surface area (Å²) in [6.45, 7) is -0.936. The Kier molecular flexibility index (Phi) is 7.02. The van der Waals surface area contributed by atoms with E-state index >= 15 is 0 Å². The number of alkyl halides is 3. The van der Waals surface area contributed by atoms with Crippen molar-refractivity contribution in [2.24, 2.45) is 0 Å². The second kappa shape index (κ2) is 9.56. The zero-order valence-electron chi connectivity index (χ0n) is 16.6. The van der Waals surface area contributed by atoms with E-state index in [1.54, 1.807) is 0 Å². The highest BCUT2D eigenvalue weighted by Gasteiger charge is 2.30. The fourth-order valence-electron chi connectivity index (χ4n) is 2.88. The van der Waals surface area contributed by atoms with Gasteiger partial charge in [0, 0.05) is 18.7 Å². The van der Waals surface area contributed by atoms with Crippen LogP contribution in [0.3, 0.4) is 0 Å². The summed E-state index contributed by atoms with van der Waals surface area (Å²) >= 11 is 0. The Hall–Kier alpha value is -3.14. The van der Waals surface area contributed by atoms with Gasteiger partial charge in [-0.3, -0.25) is 4.79 Å². The standard InChI is InChI=1S/C20H18F3N3O5S/c21-20(22,23)13-31-18-6-5-16(32(28,29)26-7-9-30-10-8-26)11-17(18)25-19(27)15-3-1-14(12-24)2-4-15/h1-6,11H,7-10,13H2,(H,25,27). The van der Waals surface area contributed by atoms with Gasteiger partial charge in [-0.15, -0.1) is 0 Å². The lowest BCUT2D eigenvalue weighted by Crippen LogP contribution is -2.40. The number of sulfonamides is 1. The summed E-state index contributed by atoms with van der Waals surface area (Å²) in [6.07, 6.45) is -4.63. The molecule has 0 aromatic heterocycles. The van der Waals surface area contributed by atoms with Crippen LogP contribution in [0.4, 0.5) is 18.9 Å². The molecule has 0 unspecified atom stereocenters. The van der Waals surface area contributed by atoms with Crippen molar-refractivity contribution < 1.29 is 35.9 Å². The van der Waals surface area contributed by atoms with Crippen LogP contribution in [-0.2, 0) is 14.8 Å². The Morgan fingerprint density at radius 3 is 2.41 bits per heavy atom. The van der Waals surface area contributed by atoms with Gasteiger partial charge in [0.15, 0.2) is 6.61 Å². The number of carbonyl (C=O) groups is 1. The van der Waals surface area contributed by atoms with Gasteiger partial charge < -0.3 is 14.8 Å². The maximum atomic E-state index is 12.9. The molecule has 3 rings (SSSR count). The highest BCUT2D eigenvalue weighted by Crippen LogP contribution is 2.31. The molecule has 12 heteroatoms. The van der Waals surface area contributed by atoms with Gasteiger partial charge >= 0.3 is 6.18 Å². The lowest BCUT2D eigenvalue weighted by atomic mass is 10.1. The van der Waals surface area contributed by atoms with E-state index in [4.69, 9.17) is 14.7 Å². The molecule has 1 heterocycles. The molecule has 170 valence electrons. The van der Waals surface area contributed by atoms with E-state index in [1.165, 1.54) is 28.6 Å². The maximum absolute atomic E-state index is 12.9. The van der Waals surface area contributed by atoms with Gasteiger partial charge in [-0.25, -0.2) is 8.42 Å². The minimum Gasteiger partial charge on any atom is -0.482 e. The van der Waals surface area contributed by atoms with Crippen LogP contribution in [0.5, 0.6) is 5.75 Å². The summed E-state index contributed by atoms with van der Waals surface area (Å²) in [5.41, 5.74) is 0.194. The third-order valence-electron chi connectivity index (χ3n) is 4.47. The Labute approximate surface area is 182 Å². The lowest BCUT2D eigenvalue weighted by Gasteiger charge is -2.26. The molecule has 1 aliphatic rings. The normalized spacial score (nSPS) is 15.1. The number of rotatable bonds is 6. The smallest absolute Gasteiger partial charge is 0.422 e. The van der Waals surface area contributed by atoms with Crippen LogP contribution < -0.4 is 10.1 Å². The molecular weight excluding hydrogens is 451 g/mol. The molecule has 0 radical (unpaired) electrons. The highest BCUT2D eigenvalue weighted by atomic mass is 32.2. The summed E-state index contributed by atoms with van der Waals surface area (Å²) in [5, 5.41) is 11.2. The van der Waals surface area contributed by atoms with Crippen LogP contribution in [0.1, 0.15) is 15.9 Å². The average Bonchev–Trinajstić information content (AvgIpc) is 2.78. The van der Waals surface area contributed by atoms with Crippen molar-refractivity contribution in [2.45, 2.75) is 11.1 Å². The van der Waals surface area contributed by atoms with Crippen molar-refractivity contribution >= 4 is 21.6 Å². The molecule has 32 heavy (non-hydrogen) atoms. The number of nitrogens with zero attached hydrogens (tertiary/aromatic N) is 2. The Balaban J connectivity index is 1.92. The van der Waals surface area contributed by atoms with E-state index in [2.05, 4.69) is 5.32 Å². The number of hydrogen-bond acceptors (Lipinski definition) is 6. The van der Waals surface area contributed by atoms with Crippen LogP contribution in [0.2, 0.25) is 0 Å². The second-order valence-electron chi connectivity index (χ2n) is 6.72. The highest BCUT2D eigenvalue weighted by molar-refractivity contribution is 7.89. The third-order valence-corrected chi connectivity index (χ3v) is 6.37. The largest absolute Gasteiger partial charge is 0.482 e. The molecule has 0 aliphatic carbocycles. The first-order valence-electron chi connectivity index (χ1n) is 9.33. The number of hydrogen-bond donors (Lipinski definition) is 1. The number of halogens is 3. The van der Waals surface area contributed by atoms with Gasteiger partial charge in [-0.2, -0.15) is 22.7 Å². The second-order valence-corrected chi connectivity index (χ2v) is 8.66. The Morgan fingerprint density at radius 1 is 1.16 bits per heavy atom. The van der Waals surface area contributed by atoms with Crippen LogP contribution in [0.15, 0.2) is 47.4 Å². The minimum absolute atomic E-state index is 0.118. The number of anilines is 1. The molecule has 2 aromatic carbocycles. The predicted octanol–water partition coefficient (Wildman–Crippen LogP) is 2.77. The summed E-state index contributed by atoms with van der Waals surface area (Å²) < 4.78 is 74.8. The fraction of sp³-hybridized carbons (Fsp3) is 0.300. The van der Waals surface area contributed by atoms with Gasteiger partial charge in [0.1, 0.15) is 5.75 Å². The first kappa shape index (κ1) is 23.5. The van der Waals surface area contributed by atoms with Crippen LogP contribution >= 0.6 is 0 Å². The SMILES string of the molecule is N#Cc1ccc(C(=O)Nc2cc(S(=O)(=O)N3CCOCC3)ccc2OCC(F)(F)F)cc1. The van der Waals surface area contributed by atoms with Crippen LogP contribution in [-0.4, -0.2) is 57.7 Å². The van der Waals surface area contributed by atoms with E-state index < -0.39 is 28.7 Å². The number of morpholine rings is 1. The van der Waals surface area contributed by atoms with E-state index in [9.17, 15) is 26.4 Å². The summed E-state index contributed by atoms with van der Waals surface area (Å²) in [5.74, 6) is -1.06. The Morgan fingerprint density at radius 2 is 1.81 bits per heavy atom. The van der Waals surface area contributed by atoms with Crippen molar-refractivity contribution in [1.29, 1.82) is 5.26 Å². The molecule has 0 spiro atoms. The molecule has 1 aliphatic heterocycles. The van der Waals surface area contributed by atoms with Crippen molar-refractivity contribution in [2.75, 3.05) is 38.2 Å². The molecule has 8 nitrogen and oxygen atoms in total. The number of ether oxygens (including phenoxy) is 2. The molecular formula is C20H18F3N3O5S. The first-order chi connectivity index (χ1) is 15.1. The fourth-order valence-corrected chi connectivity index (χ4v) is 4.31. The van der Waals surface area contributed by atoms with Crippen LogP contribution in [0.25, 0.3) is 0 Å². The zero-order valence-corrected chi connectivity index (χ0v) is 17.4. The zero-order chi connectivity index (χ0) is 23.4. The topological polar surface area (TPSA) is 109 Å². The molecule has 0 bridgehead atoms. The number of nitriles is 1. The van der Waals surface area contributed by atoms with Crippen molar-refractivity contribution in [3.63, 3.8) is 0 Å². The van der Waals surface area contributed by atoms with E-state index in [1.807, 2.05) is 6.07 Å². The van der Waals surface area contributed by atoms with Crippen LogP contribution in [0, 0.1) is 11.3 Å². The third kappa shape index (κ3) is 5.76. The molecule has 0 atom stereocenters. The average molecular weight is 469 g/mol. The van der Waals surface area contributed by atoms with Crippen molar-refractivity contribution in [3.8, 4) is 11.8 Å². The number of amides is 1. The number of benzene rings is 2. The van der Waals surface area contributed by atoms with Gasteiger partial charge in [-0.05, 0) is 42.5 Å². The minimum atomic E-state index is -4.63. The van der Waals surface area contributed by atoms with Gasteiger partial charge in [-0.1, -0.05) is 0 Å². The summed E-state index contributed by atoms with van der Waals surface area (Å²) in [6, 6.07) is 10.7. The van der Waals surface area contributed by atoms with Gasteiger partial charge in [0.25, 0.3) is 5.91 Å². The molecule has 0 saturated carbocycles. The molecule has 1 amide bonds. The first-order valence-corrected chi connectivity index (χ1v) is 10.8. The quantitative estimate of drug-likeness (QED) is 0.697. The number of carbonyl (C=O) groups excluding carboxylic acids is 1. The predicted molar refractivity (Wildman–Crippen MR) is 107 cm³/mol. The van der Waals surface area contributed by atoms with Gasteiger partial charge in [0.2, 0.25) is 10.0 Å². The summed E-state index contributed by atoms with van der Waals surface area (Å²) in [4.78, 5) is 12.4. The molecule has 1 saturated heterocycles. The number of nitrogens with one attached hydrogen (secondary N) is 1. The van der Waals surface area contributed by atoms with Gasteiger partial charge in [0.05, 0.1) is 35.4 Å². The molecule has 2 aromatic rings. The van der Waals surface area contributed by atoms with E-state index in [0.29, 0.717) is 5.56 Å².